The molecule has 0 spiro atoms. The molecule has 2 aromatic carbocycles. The van der Waals surface area contributed by atoms with Crippen LogP contribution in [0.15, 0.2) is 30.3 Å². The lowest BCUT2D eigenvalue weighted by Gasteiger charge is -2.10. The van der Waals surface area contributed by atoms with Gasteiger partial charge in [0.1, 0.15) is 12.4 Å². The van der Waals surface area contributed by atoms with Gasteiger partial charge in [0.15, 0.2) is 0 Å². The van der Waals surface area contributed by atoms with E-state index in [1.165, 1.54) is 0 Å². The SMILES string of the molecule is Nc1cc(OCCO)c(N)c2c1sc1ccccc12. The fourth-order valence-corrected chi connectivity index (χ4v) is 3.34. The van der Waals surface area contributed by atoms with Gasteiger partial charge < -0.3 is 21.3 Å². The van der Waals surface area contributed by atoms with Crippen molar-refractivity contribution >= 4 is 42.9 Å². The van der Waals surface area contributed by atoms with Gasteiger partial charge in [-0.15, -0.1) is 11.3 Å². The molecule has 0 radical (unpaired) electrons. The van der Waals surface area contributed by atoms with Crippen molar-refractivity contribution in [3.05, 3.63) is 30.3 Å². The Morgan fingerprint density at radius 2 is 2.00 bits per heavy atom. The summed E-state index contributed by atoms with van der Waals surface area (Å²) in [4.78, 5) is 0. The summed E-state index contributed by atoms with van der Waals surface area (Å²) in [6, 6.07) is 9.77. The van der Waals surface area contributed by atoms with E-state index in [0.29, 0.717) is 17.1 Å². The monoisotopic (exact) mass is 274 g/mol. The van der Waals surface area contributed by atoms with E-state index in [0.717, 1.165) is 20.2 Å². The molecule has 0 atom stereocenters. The zero-order valence-electron chi connectivity index (χ0n) is 10.2. The van der Waals surface area contributed by atoms with Crippen molar-refractivity contribution in [2.45, 2.75) is 0 Å². The van der Waals surface area contributed by atoms with E-state index in [-0.39, 0.29) is 13.2 Å². The molecule has 0 aliphatic rings. The number of rotatable bonds is 3. The topological polar surface area (TPSA) is 81.5 Å². The molecule has 0 unspecified atom stereocenters. The quantitative estimate of drug-likeness (QED) is 0.641. The van der Waals surface area contributed by atoms with Crippen LogP contribution in [0.1, 0.15) is 0 Å². The van der Waals surface area contributed by atoms with Crippen LogP contribution in [0.5, 0.6) is 5.75 Å². The van der Waals surface area contributed by atoms with Crippen LogP contribution in [0.3, 0.4) is 0 Å². The fourth-order valence-electron chi connectivity index (χ4n) is 2.20. The molecule has 0 aliphatic heterocycles. The zero-order valence-corrected chi connectivity index (χ0v) is 11.0. The van der Waals surface area contributed by atoms with Crippen LogP contribution in [0, 0.1) is 0 Å². The lowest BCUT2D eigenvalue weighted by molar-refractivity contribution is 0.202. The Labute approximate surface area is 114 Å². The maximum absolute atomic E-state index is 8.84. The predicted octanol–water partition coefficient (Wildman–Crippen LogP) is 2.59. The molecule has 3 aromatic rings. The lowest BCUT2D eigenvalue weighted by atomic mass is 10.1. The fraction of sp³-hybridized carbons (Fsp3) is 0.143. The molecule has 1 aromatic heterocycles. The Morgan fingerprint density at radius 3 is 2.79 bits per heavy atom. The summed E-state index contributed by atoms with van der Waals surface area (Å²) in [5.41, 5.74) is 13.5. The van der Waals surface area contributed by atoms with Gasteiger partial charge in [-0.1, -0.05) is 18.2 Å². The number of benzene rings is 2. The minimum Gasteiger partial charge on any atom is -0.489 e. The van der Waals surface area contributed by atoms with Crippen LogP contribution in [0.4, 0.5) is 11.4 Å². The van der Waals surface area contributed by atoms with Gasteiger partial charge in [-0.2, -0.15) is 0 Å². The van der Waals surface area contributed by atoms with Crippen LogP contribution < -0.4 is 16.2 Å². The summed E-state index contributed by atoms with van der Waals surface area (Å²) < 4.78 is 7.57. The van der Waals surface area contributed by atoms with Crippen molar-refractivity contribution in [2.24, 2.45) is 0 Å². The second kappa shape index (κ2) is 4.60. The highest BCUT2D eigenvalue weighted by Crippen LogP contribution is 2.44. The molecule has 19 heavy (non-hydrogen) atoms. The number of aliphatic hydroxyl groups is 1. The molecule has 0 bridgehead atoms. The first-order chi connectivity index (χ1) is 9.22. The normalized spacial score (nSPS) is 11.2. The number of aliphatic hydroxyl groups excluding tert-OH is 1. The van der Waals surface area contributed by atoms with E-state index >= 15 is 0 Å². The van der Waals surface area contributed by atoms with Crippen LogP contribution in [-0.4, -0.2) is 18.3 Å². The third-order valence-electron chi connectivity index (χ3n) is 3.03. The van der Waals surface area contributed by atoms with Gasteiger partial charge in [-0.3, -0.25) is 0 Å². The smallest absolute Gasteiger partial charge is 0.145 e. The molecular formula is C14H14N2O2S. The zero-order chi connectivity index (χ0) is 13.4. The molecule has 5 N–H and O–H groups in total. The number of fused-ring (bicyclic) bond motifs is 3. The second-order valence-electron chi connectivity index (χ2n) is 4.25. The number of nitrogens with two attached hydrogens (primary N) is 2. The van der Waals surface area contributed by atoms with Crippen molar-refractivity contribution < 1.29 is 9.84 Å². The molecule has 0 amide bonds. The highest BCUT2D eigenvalue weighted by atomic mass is 32.1. The molecule has 0 saturated carbocycles. The Hall–Kier alpha value is -1.98. The molecular weight excluding hydrogens is 260 g/mol. The minimum absolute atomic E-state index is 0.0538. The summed E-state index contributed by atoms with van der Waals surface area (Å²) in [7, 11) is 0. The first-order valence-electron chi connectivity index (χ1n) is 5.95. The molecule has 3 rings (SSSR count). The third kappa shape index (κ3) is 1.87. The molecule has 1 heterocycles. The van der Waals surface area contributed by atoms with Crippen LogP contribution in [-0.2, 0) is 0 Å². The van der Waals surface area contributed by atoms with Gasteiger partial charge in [0, 0.05) is 21.5 Å². The summed E-state index contributed by atoms with van der Waals surface area (Å²) >= 11 is 1.63. The van der Waals surface area contributed by atoms with Gasteiger partial charge >= 0.3 is 0 Å². The van der Waals surface area contributed by atoms with Gasteiger partial charge in [0.2, 0.25) is 0 Å². The average molecular weight is 274 g/mol. The van der Waals surface area contributed by atoms with Crippen LogP contribution in [0.2, 0.25) is 0 Å². The van der Waals surface area contributed by atoms with Crippen molar-refractivity contribution in [1.29, 1.82) is 0 Å². The lowest BCUT2D eigenvalue weighted by Crippen LogP contribution is -2.04. The van der Waals surface area contributed by atoms with Crippen molar-refractivity contribution in [2.75, 3.05) is 24.7 Å². The van der Waals surface area contributed by atoms with E-state index in [1.54, 1.807) is 17.4 Å². The molecule has 0 saturated heterocycles. The highest BCUT2D eigenvalue weighted by Gasteiger charge is 2.14. The molecule has 4 nitrogen and oxygen atoms in total. The first kappa shape index (κ1) is 12.1. The van der Waals surface area contributed by atoms with Crippen molar-refractivity contribution in [3.8, 4) is 5.75 Å². The number of hydrogen-bond acceptors (Lipinski definition) is 5. The highest BCUT2D eigenvalue weighted by molar-refractivity contribution is 7.26. The summed E-state index contributed by atoms with van der Waals surface area (Å²) in [5.74, 6) is 0.530. The van der Waals surface area contributed by atoms with E-state index in [9.17, 15) is 0 Å². The summed E-state index contributed by atoms with van der Waals surface area (Å²) in [5, 5.41) is 10.9. The third-order valence-corrected chi connectivity index (χ3v) is 4.25. The molecule has 98 valence electrons. The van der Waals surface area contributed by atoms with Gasteiger partial charge in [-0.25, -0.2) is 0 Å². The van der Waals surface area contributed by atoms with Gasteiger partial charge in [-0.05, 0) is 6.07 Å². The minimum atomic E-state index is -0.0538. The van der Waals surface area contributed by atoms with Gasteiger partial charge in [0.25, 0.3) is 0 Å². The first-order valence-corrected chi connectivity index (χ1v) is 6.77. The molecule has 0 aliphatic carbocycles. The Balaban J connectivity index is 2.33. The number of anilines is 2. The molecule has 0 fully saturated rings. The largest absolute Gasteiger partial charge is 0.489 e. The maximum atomic E-state index is 8.84. The van der Waals surface area contributed by atoms with E-state index in [4.69, 9.17) is 21.3 Å². The van der Waals surface area contributed by atoms with E-state index in [1.807, 2.05) is 24.3 Å². The Kier molecular flexibility index (Phi) is 2.93. The molecule has 5 heteroatoms. The van der Waals surface area contributed by atoms with Crippen LogP contribution >= 0.6 is 11.3 Å². The number of thiophene rings is 1. The average Bonchev–Trinajstić information content (AvgIpc) is 2.81. The van der Waals surface area contributed by atoms with E-state index < -0.39 is 0 Å². The van der Waals surface area contributed by atoms with Gasteiger partial charge in [0.05, 0.1) is 22.7 Å². The van der Waals surface area contributed by atoms with Crippen molar-refractivity contribution in [1.82, 2.24) is 0 Å². The Morgan fingerprint density at radius 1 is 1.21 bits per heavy atom. The standard InChI is InChI=1S/C14H14N2O2S/c15-9-7-10(18-6-5-17)13(16)12-8-3-1-2-4-11(8)19-14(9)12/h1-4,7,17H,5-6,15-16H2. The number of nitrogen functional groups attached to an aromatic ring is 2. The summed E-state index contributed by atoms with van der Waals surface area (Å²) in [6.45, 7) is 0.152. The number of hydrogen-bond donors (Lipinski definition) is 3. The Bertz CT molecular complexity index is 752. The number of ether oxygens (including phenoxy) is 1. The van der Waals surface area contributed by atoms with Crippen LogP contribution in [0.25, 0.3) is 20.2 Å². The predicted molar refractivity (Wildman–Crippen MR) is 80.7 cm³/mol. The van der Waals surface area contributed by atoms with Crippen molar-refractivity contribution in [3.63, 3.8) is 0 Å². The maximum Gasteiger partial charge on any atom is 0.145 e. The summed E-state index contributed by atoms with van der Waals surface area (Å²) in [6.07, 6.45) is 0. The van der Waals surface area contributed by atoms with E-state index in [2.05, 4.69) is 0 Å². The second-order valence-corrected chi connectivity index (χ2v) is 5.30.